The zero-order valence-corrected chi connectivity index (χ0v) is 23.9. The Hall–Kier alpha value is -5.74. The molecule has 2 aromatic heterocycles. The largest absolute Gasteiger partial charge is 0.474 e. The minimum absolute atomic E-state index is 0.618. The lowest BCUT2D eigenvalue weighted by atomic mass is 9.95. The quantitative estimate of drug-likeness (QED) is 0.213. The summed E-state index contributed by atoms with van der Waals surface area (Å²) in [7, 11) is 0. The third kappa shape index (κ3) is 3.92. The van der Waals surface area contributed by atoms with Crippen molar-refractivity contribution in [1.82, 2.24) is 9.55 Å². The number of fused-ring (bicyclic) bond motifs is 6. The SMILES string of the molecule is c1ccc(-n2c3cc(-c4ccc5ccccc5c4)ccc3c3c4ccccc4c(-c4ccc(C5=NCCO5)nc4)cc32)cc1. The summed E-state index contributed by atoms with van der Waals surface area (Å²) >= 11 is 0. The lowest BCUT2D eigenvalue weighted by Gasteiger charge is -2.12. The number of aliphatic imine (C=N–C) groups is 1. The molecule has 6 aromatic carbocycles. The fourth-order valence-electron chi connectivity index (χ4n) is 6.69. The molecule has 4 heteroatoms. The predicted molar refractivity (Wildman–Crippen MR) is 182 cm³/mol. The van der Waals surface area contributed by atoms with Crippen LogP contribution in [0.25, 0.3) is 71.3 Å². The molecule has 9 rings (SSSR count). The maximum absolute atomic E-state index is 5.66. The Morgan fingerprint density at radius 3 is 2.14 bits per heavy atom. The minimum atomic E-state index is 0.618. The smallest absolute Gasteiger partial charge is 0.235 e. The topological polar surface area (TPSA) is 39.4 Å². The number of aromatic nitrogens is 2. The van der Waals surface area contributed by atoms with E-state index in [2.05, 4.69) is 137 Å². The summed E-state index contributed by atoms with van der Waals surface area (Å²) < 4.78 is 8.07. The highest BCUT2D eigenvalue weighted by atomic mass is 16.5. The molecule has 0 spiro atoms. The number of para-hydroxylation sites is 1. The molecule has 3 heterocycles. The lowest BCUT2D eigenvalue weighted by molar-refractivity contribution is 0.347. The second kappa shape index (κ2) is 9.92. The first-order valence-electron chi connectivity index (χ1n) is 15.0. The molecule has 4 nitrogen and oxygen atoms in total. The van der Waals surface area contributed by atoms with Gasteiger partial charge in [-0.15, -0.1) is 0 Å². The zero-order valence-electron chi connectivity index (χ0n) is 23.9. The monoisotopic (exact) mass is 565 g/mol. The molecule has 0 bridgehead atoms. The van der Waals surface area contributed by atoms with Crippen LogP contribution in [0, 0.1) is 0 Å². The van der Waals surface area contributed by atoms with Crippen molar-refractivity contribution in [3.05, 3.63) is 145 Å². The fourth-order valence-corrected chi connectivity index (χ4v) is 6.69. The summed E-state index contributed by atoms with van der Waals surface area (Å²) in [6.07, 6.45) is 1.94. The summed E-state index contributed by atoms with van der Waals surface area (Å²) in [4.78, 5) is 9.19. The van der Waals surface area contributed by atoms with Crippen molar-refractivity contribution in [3.8, 4) is 27.9 Å². The van der Waals surface area contributed by atoms with E-state index in [1.54, 1.807) is 0 Å². The fraction of sp³-hybridized carbons (Fsp3) is 0.0500. The number of hydrogen-bond donors (Lipinski definition) is 0. The van der Waals surface area contributed by atoms with E-state index in [1.807, 2.05) is 12.3 Å². The van der Waals surface area contributed by atoms with Gasteiger partial charge in [-0.25, -0.2) is 4.99 Å². The van der Waals surface area contributed by atoms with Gasteiger partial charge in [-0.1, -0.05) is 97.1 Å². The summed E-state index contributed by atoms with van der Waals surface area (Å²) in [5.74, 6) is 0.628. The molecule has 208 valence electrons. The second-order valence-corrected chi connectivity index (χ2v) is 11.3. The molecular weight excluding hydrogens is 538 g/mol. The Kier molecular flexibility index (Phi) is 5.60. The van der Waals surface area contributed by atoms with E-state index in [-0.39, 0.29) is 0 Å². The zero-order chi connectivity index (χ0) is 29.0. The van der Waals surface area contributed by atoms with E-state index in [0.29, 0.717) is 19.0 Å². The Bertz CT molecular complexity index is 2400. The van der Waals surface area contributed by atoms with Crippen LogP contribution in [0.15, 0.2) is 145 Å². The average Bonchev–Trinajstić information content (AvgIpc) is 3.75. The summed E-state index contributed by atoms with van der Waals surface area (Å²) in [6, 6.07) is 48.1. The van der Waals surface area contributed by atoms with Crippen LogP contribution in [-0.4, -0.2) is 28.6 Å². The van der Waals surface area contributed by atoms with Gasteiger partial charge in [0.2, 0.25) is 5.90 Å². The van der Waals surface area contributed by atoms with Crippen molar-refractivity contribution in [3.63, 3.8) is 0 Å². The van der Waals surface area contributed by atoms with Gasteiger partial charge in [0.05, 0.1) is 17.6 Å². The van der Waals surface area contributed by atoms with Crippen LogP contribution in [0.4, 0.5) is 0 Å². The Morgan fingerprint density at radius 1 is 0.568 bits per heavy atom. The second-order valence-electron chi connectivity index (χ2n) is 11.3. The van der Waals surface area contributed by atoms with Crippen molar-refractivity contribution in [2.45, 2.75) is 0 Å². The number of rotatable bonds is 4. The number of nitrogens with zero attached hydrogens (tertiary/aromatic N) is 3. The van der Waals surface area contributed by atoms with Gasteiger partial charge in [0.1, 0.15) is 12.3 Å². The Balaban J connectivity index is 1.32. The number of ether oxygens (including phenoxy) is 1. The highest BCUT2D eigenvalue weighted by Crippen LogP contribution is 2.42. The maximum Gasteiger partial charge on any atom is 0.235 e. The summed E-state index contributed by atoms with van der Waals surface area (Å²) in [5, 5.41) is 7.42. The molecule has 1 aliphatic heterocycles. The van der Waals surface area contributed by atoms with Gasteiger partial charge in [-0.05, 0) is 74.6 Å². The number of hydrogen-bond acceptors (Lipinski definition) is 3. The van der Waals surface area contributed by atoms with Gasteiger partial charge < -0.3 is 9.30 Å². The van der Waals surface area contributed by atoms with Crippen LogP contribution in [0.3, 0.4) is 0 Å². The van der Waals surface area contributed by atoms with Crippen molar-refractivity contribution < 1.29 is 4.74 Å². The van der Waals surface area contributed by atoms with Crippen LogP contribution < -0.4 is 0 Å². The van der Waals surface area contributed by atoms with Crippen molar-refractivity contribution in [1.29, 1.82) is 0 Å². The van der Waals surface area contributed by atoms with Gasteiger partial charge in [0.25, 0.3) is 0 Å². The molecular formula is C40H27N3O. The molecule has 0 saturated carbocycles. The van der Waals surface area contributed by atoms with E-state index < -0.39 is 0 Å². The first-order chi connectivity index (χ1) is 21.8. The third-order valence-corrected chi connectivity index (χ3v) is 8.75. The first kappa shape index (κ1) is 24.8. The molecule has 0 aliphatic carbocycles. The molecule has 0 amide bonds. The van der Waals surface area contributed by atoms with E-state index >= 15 is 0 Å². The number of pyridine rings is 1. The van der Waals surface area contributed by atoms with Crippen LogP contribution in [0.1, 0.15) is 5.69 Å². The molecule has 0 unspecified atom stereocenters. The van der Waals surface area contributed by atoms with Gasteiger partial charge in [0, 0.05) is 28.2 Å². The highest BCUT2D eigenvalue weighted by molar-refractivity contribution is 6.24. The van der Waals surface area contributed by atoms with Gasteiger partial charge in [-0.2, -0.15) is 0 Å². The van der Waals surface area contributed by atoms with Gasteiger partial charge in [-0.3, -0.25) is 4.98 Å². The van der Waals surface area contributed by atoms with Crippen molar-refractivity contribution in [2.75, 3.05) is 13.2 Å². The maximum atomic E-state index is 5.66. The molecule has 44 heavy (non-hydrogen) atoms. The van der Waals surface area contributed by atoms with E-state index in [1.165, 1.54) is 54.5 Å². The molecule has 0 atom stereocenters. The average molecular weight is 566 g/mol. The Labute approximate surface area is 254 Å². The molecule has 1 aliphatic rings. The van der Waals surface area contributed by atoms with Crippen molar-refractivity contribution in [2.24, 2.45) is 4.99 Å². The van der Waals surface area contributed by atoms with Gasteiger partial charge in [0.15, 0.2) is 0 Å². The van der Waals surface area contributed by atoms with E-state index in [9.17, 15) is 0 Å². The van der Waals surface area contributed by atoms with E-state index in [0.717, 1.165) is 22.5 Å². The number of benzene rings is 6. The van der Waals surface area contributed by atoms with Crippen LogP contribution in [0.5, 0.6) is 0 Å². The highest BCUT2D eigenvalue weighted by Gasteiger charge is 2.19. The molecule has 0 radical (unpaired) electrons. The van der Waals surface area contributed by atoms with Crippen LogP contribution >= 0.6 is 0 Å². The van der Waals surface area contributed by atoms with Crippen molar-refractivity contribution >= 4 is 49.2 Å². The summed E-state index contributed by atoms with van der Waals surface area (Å²) in [6.45, 7) is 1.30. The normalized spacial score (nSPS) is 13.1. The standard InChI is InChI=1S/C40H27N3O/c1-2-10-31(11-3-1)43-37-23-29(28-15-14-26-8-4-5-9-27(26)22-28)16-18-34(37)39-33-13-7-6-12-32(33)35(24-38(39)43)30-17-19-36(42-25-30)40-41-20-21-44-40/h1-19,22-25H,20-21H2. The minimum Gasteiger partial charge on any atom is -0.474 e. The Morgan fingerprint density at radius 2 is 1.32 bits per heavy atom. The molecule has 0 N–H and O–H groups in total. The van der Waals surface area contributed by atoms with E-state index in [4.69, 9.17) is 9.72 Å². The predicted octanol–water partition coefficient (Wildman–Crippen LogP) is 9.60. The molecule has 0 saturated heterocycles. The first-order valence-corrected chi connectivity index (χ1v) is 15.0. The lowest BCUT2D eigenvalue weighted by Crippen LogP contribution is -2.03. The van der Waals surface area contributed by atoms with Gasteiger partial charge >= 0.3 is 0 Å². The molecule has 8 aromatic rings. The third-order valence-electron chi connectivity index (χ3n) is 8.75. The summed E-state index contributed by atoms with van der Waals surface area (Å²) in [5.41, 5.74) is 8.88. The molecule has 0 fully saturated rings. The van der Waals surface area contributed by atoms with Crippen LogP contribution in [0.2, 0.25) is 0 Å². The van der Waals surface area contributed by atoms with Crippen LogP contribution in [-0.2, 0) is 4.74 Å².